The predicted molar refractivity (Wildman–Crippen MR) is 60.9 cm³/mol. The van der Waals surface area contributed by atoms with Gasteiger partial charge in [-0.25, -0.2) is 0 Å². The lowest BCUT2D eigenvalue weighted by Gasteiger charge is -2.36. The van der Waals surface area contributed by atoms with Gasteiger partial charge in [-0.15, -0.1) is 0 Å². The van der Waals surface area contributed by atoms with Gasteiger partial charge in [-0.2, -0.15) is 0 Å². The quantitative estimate of drug-likeness (QED) is 0.842. The average molecular weight is 236 g/mol. The van der Waals surface area contributed by atoms with Crippen LogP contribution in [0.2, 0.25) is 0 Å². The highest BCUT2D eigenvalue weighted by Crippen LogP contribution is 2.18. The zero-order valence-corrected chi connectivity index (χ0v) is 9.97. The molecule has 1 aromatic heterocycles. The van der Waals surface area contributed by atoms with Crippen LogP contribution in [-0.2, 0) is 16.1 Å². The van der Waals surface area contributed by atoms with Gasteiger partial charge in [0.1, 0.15) is 11.8 Å². The van der Waals surface area contributed by atoms with Gasteiger partial charge in [0, 0.05) is 0 Å². The summed E-state index contributed by atoms with van der Waals surface area (Å²) in [5, 5.41) is 2.61. The zero-order chi connectivity index (χ0) is 12.4. The van der Waals surface area contributed by atoms with Crippen molar-refractivity contribution in [1.82, 2.24) is 10.2 Å². The van der Waals surface area contributed by atoms with Gasteiger partial charge in [-0.05, 0) is 18.1 Å². The van der Waals surface area contributed by atoms with Gasteiger partial charge in [0.15, 0.2) is 0 Å². The van der Waals surface area contributed by atoms with Crippen LogP contribution in [0, 0.1) is 5.92 Å². The molecule has 1 saturated heterocycles. The number of nitrogens with zero attached hydrogens (tertiary/aromatic N) is 1. The summed E-state index contributed by atoms with van der Waals surface area (Å²) in [6, 6.07) is 3.16. The van der Waals surface area contributed by atoms with Gasteiger partial charge < -0.3 is 14.6 Å². The van der Waals surface area contributed by atoms with Crippen LogP contribution < -0.4 is 5.32 Å². The monoisotopic (exact) mass is 236 g/mol. The fourth-order valence-corrected chi connectivity index (χ4v) is 2.09. The van der Waals surface area contributed by atoms with Crippen LogP contribution in [0.1, 0.15) is 19.6 Å². The fourth-order valence-electron chi connectivity index (χ4n) is 2.09. The summed E-state index contributed by atoms with van der Waals surface area (Å²) < 4.78 is 5.22. The molecule has 1 atom stereocenters. The molecular weight excluding hydrogens is 220 g/mol. The Morgan fingerprint density at radius 2 is 2.29 bits per heavy atom. The first kappa shape index (κ1) is 11.7. The molecule has 1 aliphatic heterocycles. The predicted octanol–water partition coefficient (Wildman–Crippen LogP) is 0.763. The molecule has 0 radical (unpaired) electrons. The molecule has 2 amide bonds. The third-order valence-corrected chi connectivity index (χ3v) is 2.88. The summed E-state index contributed by atoms with van der Waals surface area (Å²) >= 11 is 0. The van der Waals surface area contributed by atoms with Gasteiger partial charge in [0.2, 0.25) is 11.8 Å². The number of carbonyl (C=O) groups excluding carboxylic acids is 2. The average Bonchev–Trinajstić information content (AvgIpc) is 2.76. The molecule has 1 fully saturated rings. The van der Waals surface area contributed by atoms with Crippen molar-refractivity contribution in [2.24, 2.45) is 5.92 Å². The Hall–Kier alpha value is -1.78. The maximum Gasteiger partial charge on any atom is 0.243 e. The van der Waals surface area contributed by atoms with Crippen LogP contribution in [-0.4, -0.2) is 29.3 Å². The first-order chi connectivity index (χ1) is 8.09. The minimum Gasteiger partial charge on any atom is -0.467 e. The van der Waals surface area contributed by atoms with E-state index in [1.54, 1.807) is 23.3 Å². The summed E-state index contributed by atoms with van der Waals surface area (Å²) in [7, 11) is 0. The van der Waals surface area contributed by atoms with E-state index in [1.165, 1.54) is 0 Å². The number of rotatable bonds is 3. The lowest BCUT2D eigenvalue weighted by atomic mass is 9.99. The van der Waals surface area contributed by atoms with Crippen molar-refractivity contribution >= 4 is 11.8 Å². The molecule has 0 saturated carbocycles. The Kier molecular flexibility index (Phi) is 3.17. The van der Waals surface area contributed by atoms with Crippen molar-refractivity contribution in [1.29, 1.82) is 0 Å². The smallest absolute Gasteiger partial charge is 0.243 e. The third-order valence-electron chi connectivity index (χ3n) is 2.88. The van der Waals surface area contributed by atoms with Crippen LogP contribution in [0.3, 0.4) is 0 Å². The molecule has 0 spiro atoms. The van der Waals surface area contributed by atoms with E-state index in [2.05, 4.69) is 5.32 Å². The Labute approximate surface area is 99.8 Å². The molecule has 0 bridgehead atoms. The van der Waals surface area contributed by atoms with Gasteiger partial charge >= 0.3 is 0 Å². The van der Waals surface area contributed by atoms with Crippen LogP contribution in [0.5, 0.6) is 0 Å². The van der Waals surface area contributed by atoms with Crippen molar-refractivity contribution in [3.05, 3.63) is 24.2 Å². The fraction of sp³-hybridized carbons (Fsp3) is 0.500. The molecule has 2 rings (SSSR count). The summed E-state index contributed by atoms with van der Waals surface area (Å²) in [4.78, 5) is 25.2. The number of hydrogen-bond donors (Lipinski definition) is 1. The lowest BCUT2D eigenvalue weighted by molar-refractivity contribution is -0.148. The highest BCUT2D eigenvalue weighted by molar-refractivity contribution is 5.94. The van der Waals surface area contributed by atoms with Crippen molar-refractivity contribution in [3.63, 3.8) is 0 Å². The van der Waals surface area contributed by atoms with Crippen LogP contribution >= 0.6 is 0 Å². The highest BCUT2D eigenvalue weighted by Gasteiger charge is 2.36. The third kappa shape index (κ3) is 2.33. The number of nitrogens with one attached hydrogen (secondary N) is 1. The van der Waals surface area contributed by atoms with E-state index in [4.69, 9.17) is 4.42 Å². The minimum atomic E-state index is -0.415. The first-order valence-corrected chi connectivity index (χ1v) is 5.69. The highest BCUT2D eigenvalue weighted by atomic mass is 16.3. The summed E-state index contributed by atoms with van der Waals surface area (Å²) in [5.74, 6) is 0.610. The summed E-state index contributed by atoms with van der Waals surface area (Å²) in [5.41, 5.74) is 0. The van der Waals surface area contributed by atoms with Crippen LogP contribution in [0.15, 0.2) is 22.8 Å². The van der Waals surface area contributed by atoms with Gasteiger partial charge in [-0.1, -0.05) is 13.8 Å². The standard InChI is InChI=1S/C12H16N2O3/c1-8(2)11-12(16)13-6-10(15)14(11)7-9-4-3-5-17-9/h3-5,8,11H,6-7H2,1-2H3,(H,13,16)/t11-/m0/s1. The number of hydrogen-bond acceptors (Lipinski definition) is 3. The number of amides is 2. The molecular formula is C12H16N2O3. The molecule has 5 heteroatoms. The van der Waals surface area contributed by atoms with E-state index in [9.17, 15) is 9.59 Å². The Balaban J connectivity index is 2.20. The van der Waals surface area contributed by atoms with E-state index in [0.717, 1.165) is 0 Å². The maximum atomic E-state index is 11.9. The van der Waals surface area contributed by atoms with Crippen molar-refractivity contribution in [2.75, 3.05) is 6.54 Å². The SMILES string of the molecule is CC(C)[C@H]1C(=O)NCC(=O)N1Cc1ccco1. The molecule has 0 aromatic carbocycles. The Morgan fingerprint density at radius 1 is 1.53 bits per heavy atom. The molecule has 2 heterocycles. The molecule has 1 N–H and O–H groups in total. The largest absolute Gasteiger partial charge is 0.467 e. The van der Waals surface area contributed by atoms with Crippen LogP contribution in [0.4, 0.5) is 0 Å². The van der Waals surface area contributed by atoms with E-state index >= 15 is 0 Å². The second-order valence-electron chi connectivity index (χ2n) is 4.51. The Bertz CT molecular complexity index is 411. The topological polar surface area (TPSA) is 62.6 Å². The molecule has 1 aliphatic rings. The van der Waals surface area contributed by atoms with Crippen molar-refractivity contribution in [2.45, 2.75) is 26.4 Å². The summed E-state index contributed by atoms with van der Waals surface area (Å²) in [6.07, 6.45) is 1.56. The molecule has 5 nitrogen and oxygen atoms in total. The van der Waals surface area contributed by atoms with Gasteiger partial charge in [-0.3, -0.25) is 9.59 Å². The summed E-state index contributed by atoms with van der Waals surface area (Å²) in [6.45, 7) is 4.28. The van der Waals surface area contributed by atoms with Gasteiger partial charge in [0.25, 0.3) is 0 Å². The number of furan rings is 1. The first-order valence-electron chi connectivity index (χ1n) is 5.69. The molecule has 92 valence electrons. The van der Waals surface area contributed by atoms with E-state index < -0.39 is 6.04 Å². The van der Waals surface area contributed by atoms with Crippen LogP contribution in [0.25, 0.3) is 0 Å². The normalized spacial score (nSPS) is 20.9. The van der Waals surface area contributed by atoms with E-state index in [0.29, 0.717) is 12.3 Å². The van der Waals surface area contributed by atoms with Crippen molar-refractivity contribution < 1.29 is 14.0 Å². The Morgan fingerprint density at radius 3 is 2.88 bits per heavy atom. The van der Waals surface area contributed by atoms with Crippen molar-refractivity contribution in [3.8, 4) is 0 Å². The maximum absolute atomic E-state index is 11.9. The van der Waals surface area contributed by atoms with E-state index in [-0.39, 0.29) is 24.3 Å². The lowest BCUT2D eigenvalue weighted by Crippen LogP contribution is -2.59. The second kappa shape index (κ2) is 4.61. The number of piperazine rings is 1. The molecule has 0 unspecified atom stereocenters. The number of carbonyl (C=O) groups is 2. The zero-order valence-electron chi connectivity index (χ0n) is 9.97. The second-order valence-corrected chi connectivity index (χ2v) is 4.51. The van der Waals surface area contributed by atoms with E-state index in [1.807, 2.05) is 13.8 Å². The van der Waals surface area contributed by atoms with Gasteiger partial charge in [0.05, 0.1) is 19.4 Å². The minimum absolute atomic E-state index is 0.0697. The molecule has 17 heavy (non-hydrogen) atoms. The molecule has 1 aromatic rings. The molecule has 0 aliphatic carbocycles.